The van der Waals surface area contributed by atoms with Crippen LogP contribution < -0.4 is 9.46 Å². The predicted molar refractivity (Wildman–Crippen MR) is 78.7 cm³/mol. The van der Waals surface area contributed by atoms with Crippen molar-refractivity contribution >= 4 is 27.0 Å². The smallest absolute Gasteiger partial charge is 0.262 e. The molecule has 0 aliphatic heterocycles. The second kappa shape index (κ2) is 6.25. The summed E-state index contributed by atoms with van der Waals surface area (Å²) in [5, 5.41) is 10.5. The molecule has 0 amide bonds. The van der Waals surface area contributed by atoms with Gasteiger partial charge in [-0.15, -0.1) is 11.3 Å². The Bertz CT molecular complexity index is 662. The van der Waals surface area contributed by atoms with Gasteiger partial charge in [-0.05, 0) is 37.3 Å². The van der Waals surface area contributed by atoms with Crippen molar-refractivity contribution < 1.29 is 18.3 Å². The van der Waals surface area contributed by atoms with Crippen LogP contribution in [0.5, 0.6) is 5.75 Å². The molecule has 0 spiro atoms. The second-order valence-electron chi connectivity index (χ2n) is 3.97. The molecule has 20 heavy (non-hydrogen) atoms. The first kappa shape index (κ1) is 14.8. The number of anilines is 1. The lowest BCUT2D eigenvalue weighted by Gasteiger charge is -2.08. The molecule has 0 bridgehead atoms. The van der Waals surface area contributed by atoms with Crippen molar-refractivity contribution in [2.24, 2.45) is 0 Å². The van der Waals surface area contributed by atoms with Gasteiger partial charge >= 0.3 is 0 Å². The third kappa shape index (κ3) is 3.50. The van der Waals surface area contributed by atoms with Gasteiger partial charge in [0, 0.05) is 15.9 Å². The molecule has 0 saturated heterocycles. The zero-order valence-corrected chi connectivity index (χ0v) is 12.5. The Kier molecular flexibility index (Phi) is 4.64. The Labute approximate surface area is 121 Å². The van der Waals surface area contributed by atoms with Gasteiger partial charge in [0.05, 0.1) is 18.1 Å². The molecule has 0 fully saturated rings. The van der Waals surface area contributed by atoms with Crippen LogP contribution in [0.3, 0.4) is 0 Å². The van der Waals surface area contributed by atoms with E-state index in [-0.39, 0.29) is 11.5 Å². The number of thiophene rings is 1. The fraction of sp³-hybridized carbons (Fsp3) is 0.231. The zero-order valence-electron chi connectivity index (χ0n) is 10.9. The normalized spacial score (nSPS) is 11.3. The van der Waals surface area contributed by atoms with E-state index < -0.39 is 10.0 Å². The van der Waals surface area contributed by atoms with E-state index in [1.807, 2.05) is 6.92 Å². The quantitative estimate of drug-likeness (QED) is 0.859. The standard InChI is InChI=1S/C13H15NO4S2/c1-2-18-11-5-3-10(4-6-11)14-20(16,17)13-7-12(8-15)19-9-13/h3-7,9,14-15H,2,8H2,1H3. The van der Waals surface area contributed by atoms with E-state index in [4.69, 9.17) is 9.84 Å². The fourth-order valence-corrected chi connectivity index (χ4v) is 3.78. The van der Waals surface area contributed by atoms with Crippen LogP contribution in [0, 0.1) is 0 Å². The molecule has 5 nitrogen and oxygen atoms in total. The van der Waals surface area contributed by atoms with Crippen molar-refractivity contribution in [3.8, 4) is 5.75 Å². The lowest BCUT2D eigenvalue weighted by Crippen LogP contribution is -2.12. The summed E-state index contributed by atoms with van der Waals surface area (Å²) in [5.41, 5.74) is 0.463. The van der Waals surface area contributed by atoms with Gasteiger partial charge in [-0.2, -0.15) is 0 Å². The van der Waals surface area contributed by atoms with E-state index in [2.05, 4.69) is 4.72 Å². The Balaban J connectivity index is 2.15. The summed E-state index contributed by atoms with van der Waals surface area (Å²) in [6, 6.07) is 8.15. The van der Waals surface area contributed by atoms with Crippen LogP contribution in [-0.4, -0.2) is 20.1 Å². The lowest BCUT2D eigenvalue weighted by atomic mass is 10.3. The molecule has 0 aliphatic carbocycles. The van der Waals surface area contributed by atoms with Crippen LogP contribution in [-0.2, 0) is 16.6 Å². The third-order valence-corrected chi connectivity index (χ3v) is 4.94. The summed E-state index contributed by atoms with van der Waals surface area (Å²) < 4.78 is 32.0. The molecule has 0 saturated carbocycles. The van der Waals surface area contributed by atoms with E-state index in [9.17, 15) is 8.42 Å². The number of aliphatic hydroxyl groups is 1. The number of hydrogen-bond acceptors (Lipinski definition) is 5. The second-order valence-corrected chi connectivity index (χ2v) is 6.65. The van der Waals surface area contributed by atoms with Crippen molar-refractivity contribution in [1.82, 2.24) is 0 Å². The fourth-order valence-electron chi connectivity index (χ4n) is 1.58. The third-order valence-electron chi connectivity index (χ3n) is 2.51. The number of rotatable bonds is 6. The minimum atomic E-state index is -3.62. The summed E-state index contributed by atoms with van der Waals surface area (Å²) in [4.78, 5) is 0.762. The molecule has 0 radical (unpaired) electrons. The number of hydrogen-bond donors (Lipinski definition) is 2. The Morgan fingerprint density at radius 2 is 2.00 bits per heavy atom. The van der Waals surface area contributed by atoms with E-state index in [1.165, 1.54) is 22.8 Å². The zero-order chi connectivity index (χ0) is 14.6. The predicted octanol–water partition coefficient (Wildman–Crippen LogP) is 2.44. The summed E-state index contributed by atoms with van der Waals surface area (Å²) in [7, 11) is -3.62. The van der Waals surface area contributed by atoms with Crippen LogP contribution in [0.25, 0.3) is 0 Å². The van der Waals surface area contributed by atoms with Gasteiger partial charge < -0.3 is 9.84 Å². The molecule has 1 aromatic carbocycles. The van der Waals surface area contributed by atoms with Crippen LogP contribution >= 0.6 is 11.3 Å². The highest BCUT2D eigenvalue weighted by Crippen LogP contribution is 2.23. The minimum Gasteiger partial charge on any atom is -0.494 e. The SMILES string of the molecule is CCOc1ccc(NS(=O)(=O)c2csc(CO)c2)cc1. The van der Waals surface area contributed by atoms with Gasteiger partial charge in [0.1, 0.15) is 5.75 Å². The number of aliphatic hydroxyl groups excluding tert-OH is 1. The van der Waals surface area contributed by atoms with Crippen LogP contribution in [0.2, 0.25) is 0 Å². The van der Waals surface area contributed by atoms with Crippen LogP contribution in [0.15, 0.2) is 40.6 Å². The maximum Gasteiger partial charge on any atom is 0.262 e. The summed E-state index contributed by atoms with van der Waals surface area (Å²) in [5.74, 6) is 0.688. The summed E-state index contributed by atoms with van der Waals surface area (Å²) in [6.45, 7) is 2.28. The molecule has 108 valence electrons. The van der Waals surface area contributed by atoms with Crippen molar-refractivity contribution in [3.63, 3.8) is 0 Å². The van der Waals surface area contributed by atoms with Crippen molar-refractivity contribution in [2.45, 2.75) is 18.4 Å². The van der Waals surface area contributed by atoms with E-state index in [0.29, 0.717) is 22.9 Å². The topological polar surface area (TPSA) is 75.6 Å². The molecule has 2 N–H and O–H groups in total. The number of benzene rings is 1. The van der Waals surface area contributed by atoms with Crippen molar-refractivity contribution in [3.05, 3.63) is 40.6 Å². The Hall–Kier alpha value is -1.57. The Morgan fingerprint density at radius 1 is 1.30 bits per heavy atom. The van der Waals surface area contributed by atoms with Gasteiger partial charge in [0.2, 0.25) is 0 Å². The van der Waals surface area contributed by atoms with E-state index >= 15 is 0 Å². The van der Waals surface area contributed by atoms with E-state index in [0.717, 1.165) is 0 Å². The first-order chi connectivity index (χ1) is 9.55. The number of nitrogens with one attached hydrogen (secondary N) is 1. The molecule has 2 aromatic rings. The largest absolute Gasteiger partial charge is 0.494 e. The van der Waals surface area contributed by atoms with Gasteiger partial charge in [0.15, 0.2) is 0 Å². The first-order valence-electron chi connectivity index (χ1n) is 5.99. The maximum absolute atomic E-state index is 12.1. The average Bonchev–Trinajstić information content (AvgIpc) is 2.91. The monoisotopic (exact) mass is 313 g/mol. The van der Waals surface area contributed by atoms with Crippen LogP contribution in [0.4, 0.5) is 5.69 Å². The molecular weight excluding hydrogens is 298 g/mol. The average molecular weight is 313 g/mol. The Morgan fingerprint density at radius 3 is 2.55 bits per heavy atom. The van der Waals surface area contributed by atoms with Gasteiger partial charge in [-0.1, -0.05) is 0 Å². The van der Waals surface area contributed by atoms with Gasteiger partial charge in [-0.3, -0.25) is 4.72 Å². The summed E-state index contributed by atoms with van der Waals surface area (Å²) in [6.07, 6.45) is 0. The van der Waals surface area contributed by atoms with Gasteiger partial charge in [-0.25, -0.2) is 8.42 Å². The molecule has 0 aliphatic rings. The maximum atomic E-state index is 12.1. The number of ether oxygens (including phenoxy) is 1. The van der Waals surface area contributed by atoms with Crippen LogP contribution in [0.1, 0.15) is 11.8 Å². The summed E-state index contributed by atoms with van der Waals surface area (Å²) >= 11 is 1.21. The molecule has 7 heteroatoms. The molecule has 0 atom stereocenters. The van der Waals surface area contributed by atoms with Crippen molar-refractivity contribution in [1.29, 1.82) is 0 Å². The lowest BCUT2D eigenvalue weighted by molar-refractivity contribution is 0.285. The molecular formula is C13H15NO4S2. The van der Waals surface area contributed by atoms with E-state index in [1.54, 1.807) is 24.3 Å². The highest BCUT2D eigenvalue weighted by atomic mass is 32.2. The number of sulfonamides is 1. The van der Waals surface area contributed by atoms with Gasteiger partial charge in [0.25, 0.3) is 10.0 Å². The molecule has 2 rings (SSSR count). The molecule has 1 aromatic heterocycles. The molecule has 1 heterocycles. The first-order valence-corrected chi connectivity index (χ1v) is 8.35. The highest BCUT2D eigenvalue weighted by molar-refractivity contribution is 7.92. The minimum absolute atomic E-state index is 0.153. The molecule has 0 unspecified atom stereocenters. The van der Waals surface area contributed by atoms with Crippen molar-refractivity contribution in [2.75, 3.05) is 11.3 Å². The highest BCUT2D eigenvalue weighted by Gasteiger charge is 2.16.